The first-order valence-corrected chi connectivity index (χ1v) is 10.8. The number of methoxy groups -OCH3 is 1. The number of nitrogen functional groups attached to an aromatic ring is 1. The van der Waals surface area contributed by atoms with E-state index in [1.807, 2.05) is 24.3 Å². The molecule has 3 N–H and O–H groups in total. The van der Waals surface area contributed by atoms with Crippen LogP contribution in [0.5, 0.6) is 5.75 Å². The van der Waals surface area contributed by atoms with Crippen LogP contribution in [0, 0.1) is 0 Å². The van der Waals surface area contributed by atoms with Crippen molar-refractivity contribution in [3.05, 3.63) is 46.7 Å². The number of fused-ring (bicyclic) bond motifs is 1. The lowest BCUT2D eigenvalue weighted by Crippen LogP contribution is -2.33. The fourth-order valence-corrected chi connectivity index (χ4v) is 4.84. The molecule has 1 aromatic heterocycles. The third-order valence-electron chi connectivity index (χ3n) is 6.35. The second kappa shape index (κ2) is 7.63. The van der Waals surface area contributed by atoms with Gasteiger partial charge in [-0.25, -0.2) is 0 Å². The van der Waals surface area contributed by atoms with E-state index in [0.717, 1.165) is 72.7 Å². The summed E-state index contributed by atoms with van der Waals surface area (Å²) in [5.41, 5.74) is 10.1. The van der Waals surface area contributed by atoms with Crippen LogP contribution in [0.15, 0.2) is 35.5 Å². The molecule has 1 aromatic carbocycles. The number of hydrogen-bond acceptors (Lipinski definition) is 7. The average molecular weight is 406 g/mol. The van der Waals surface area contributed by atoms with Gasteiger partial charge in [-0.1, -0.05) is 12.1 Å². The van der Waals surface area contributed by atoms with Crippen molar-refractivity contribution < 1.29 is 9.53 Å². The maximum atomic E-state index is 13.0. The normalized spacial score (nSPS) is 21.0. The molecule has 7 nitrogen and oxygen atoms in total. The fraction of sp³-hybridized carbons (Fsp3) is 0.435. The van der Waals surface area contributed by atoms with E-state index in [9.17, 15) is 4.79 Å². The van der Waals surface area contributed by atoms with Gasteiger partial charge in [-0.2, -0.15) is 9.97 Å². The van der Waals surface area contributed by atoms with E-state index >= 15 is 0 Å². The van der Waals surface area contributed by atoms with Crippen LogP contribution in [-0.2, 0) is 4.79 Å². The topological polar surface area (TPSA) is 93.4 Å². The highest BCUT2D eigenvalue weighted by Crippen LogP contribution is 2.47. The first kappa shape index (κ1) is 18.9. The van der Waals surface area contributed by atoms with E-state index in [1.54, 1.807) is 7.11 Å². The molecule has 3 aliphatic rings. The number of rotatable bonds is 3. The minimum atomic E-state index is -0.259. The van der Waals surface area contributed by atoms with E-state index in [4.69, 9.17) is 15.5 Å². The van der Waals surface area contributed by atoms with E-state index in [0.29, 0.717) is 18.2 Å². The summed E-state index contributed by atoms with van der Waals surface area (Å²) >= 11 is 0. The molecule has 5 rings (SSSR count). The molecule has 1 saturated heterocycles. The number of carbonyl (C=O) groups is 1. The van der Waals surface area contributed by atoms with E-state index < -0.39 is 0 Å². The number of benzene rings is 1. The zero-order valence-electron chi connectivity index (χ0n) is 17.3. The van der Waals surface area contributed by atoms with Crippen LogP contribution in [0.2, 0.25) is 0 Å². The lowest BCUT2D eigenvalue weighted by molar-refractivity contribution is -0.116. The Kier molecular flexibility index (Phi) is 4.81. The summed E-state index contributed by atoms with van der Waals surface area (Å²) in [6, 6.07) is 7.85. The third-order valence-corrected chi connectivity index (χ3v) is 6.35. The molecule has 0 radical (unpaired) electrons. The van der Waals surface area contributed by atoms with Crippen LogP contribution in [0.3, 0.4) is 0 Å². The van der Waals surface area contributed by atoms with Gasteiger partial charge in [0.05, 0.1) is 7.11 Å². The van der Waals surface area contributed by atoms with Gasteiger partial charge in [0.1, 0.15) is 17.4 Å². The molecule has 7 heteroatoms. The Bertz CT molecular complexity index is 1010. The molecule has 2 aromatic rings. The summed E-state index contributed by atoms with van der Waals surface area (Å²) in [5.74, 6) is 2.55. The molecular formula is C23H27N5O2. The van der Waals surface area contributed by atoms with Crippen LogP contribution in [0.25, 0.3) is 0 Å². The number of carbonyl (C=O) groups excluding carboxylic acids is 1. The maximum absolute atomic E-state index is 13.0. The van der Waals surface area contributed by atoms with Crippen molar-refractivity contribution in [1.29, 1.82) is 0 Å². The standard InChI is InChI=1S/C23H27N5O2/c1-30-15-10-8-14(9-11-15)18-19-16(6-5-7-17(19)29)25-22-20(18)21(24)26-23(27-22)28-12-3-2-4-13-28/h8-11,18H,2-7,12-13H2,1H3,(H3,24,25,26,27)/t18-/m1/s1. The Labute approximate surface area is 176 Å². The molecule has 3 heterocycles. The van der Waals surface area contributed by atoms with Gasteiger partial charge < -0.3 is 20.7 Å². The quantitative estimate of drug-likeness (QED) is 0.805. The predicted octanol–water partition coefficient (Wildman–Crippen LogP) is 3.62. The van der Waals surface area contributed by atoms with Crippen molar-refractivity contribution in [2.45, 2.75) is 44.4 Å². The summed E-state index contributed by atoms with van der Waals surface area (Å²) in [6.07, 6.45) is 5.80. The largest absolute Gasteiger partial charge is 0.497 e. The van der Waals surface area contributed by atoms with E-state index in [1.165, 1.54) is 6.42 Å². The maximum Gasteiger partial charge on any atom is 0.229 e. The lowest BCUT2D eigenvalue weighted by Gasteiger charge is -2.35. The SMILES string of the molecule is COc1ccc([C@@H]2C3=C(CCCC3=O)Nc3nc(N4CCCCC4)nc(N)c32)cc1. The summed E-state index contributed by atoms with van der Waals surface area (Å²) in [6.45, 7) is 1.90. The van der Waals surface area contributed by atoms with E-state index in [2.05, 4.69) is 15.2 Å². The Hall–Kier alpha value is -3.09. The molecule has 156 valence electrons. The third kappa shape index (κ3) is 3.18. The number of anilines is 3. The number of nitrogens with one attached hydrogen (secondary N) is 1. The van der Waals surface area contributed by atoms with Gasteiger partial charge in [-0.05, 0) is 49.8 Å². The molecule has 0 spiro atoms. The molecule has 1 fully saturated rings. The van der Waals surface area contributed by atoms with Gasteiger partial charge in [-0.3, -0.25) is 4.79 Å². The fourth-order valence-electron chi connectivity index (χ4n) is 4.84. The number of aromatic nitrogens is 2. The molecule has 2 aliphatic heterocycles. The zero-order chi connectivity index (χ0) is 20.7. The Morgan fingerprint density at radius 1 is 1.07 bits per heavy atom. The smallest absolute Gasteiger partial charge is 0.229 e. The highest BCUT2D eigenvalue weighted by molar-refractivity contribution is 6.01. The number of piperidine rings is 1. The number of allylic oxidation sites excluding steroid dienone is 2. The van der Waals surface area contributed by atoms with Crippen molar-refractivity contribution in [3.63, 3.8) is 0 Å². The second-order valence-corrected chi connectivity index (χ2v) is 8.22. The summed E-state index contributed by atoms with van der Waals surface area (Å²) in [4.78, 5) is 24.7. The second-order valence-electron chi connectivity index (χ2n) is 8.22. The van der Waals surface area contributed by atoms with Gasteiger partial charge in [0, 0.05) is 42.3 Å². The predicted molar refractivity (Wildman–Crippen MR) is 117 cm³/mol. The molecule has 0 bridgehead atoms. The minimum absolute atomic E-state index is 0.176. The Morgan fingerprint density at radius 3 is 2.57 bits per heavy atom. The number of hydrogen-bond donors (Lipinski definition) is 2. The highest BCUT2D eigenvalue weighted by Gasteiger charge is 2.38. The van der Waals surface area contributed by atoms with Gasteiger partial charge in [0.25, 0.3) is 0 Å². The first-order chi connectivity index (χ1) is 14.7. The Morgan fingerprint density at radius 2 is 1.83 bits per heavy atom. The zero-order valence-corrected chi connectivity index (χ0v) is 17.3. The van der Waals surface area contributed by atoms with Crippen LogP contribution < -0.4 is 20.7 Å². The van der Waals surface area contributed by atoms with Crippen LogP contribution >= 0.6 is 0 Å². The van der Waals surface area contributed by atoms with Crippen molar-refractivity contribution in [2.75, 3.05) is 36.1 Å². The number of Topliss-reactive ketones (excluding diaryl/α,β-unsaturated/α-hetero) is 1. The first-order valence-electron chi connectivity index (χ1n) is 10.8. The monoisotopic (exact) mass is 405 g/mol. The number of ketones is 1. The van der Waals surface area contributed by atoms with Crippen LogP contribution in [0.1, 0.15) is 55.6 Å². The average Bonchev–Trinajstić information content (AvgIpc) is 2.78. The number of nitrogens with two attached hydrogens (primary N) is 1. The van der Waals surface area contributed by atoms with Gasteiger partial charge in [-0.15, -0.1) is 0 Å². The number of nitrogens with zero attached hydrogens (tertiary/aromatic N) is 3. The molecule has 30 heavy (non-hydrogen) atoms. The lowest BCUT2D eigenvalue weighted by atomic mass is 9.76. The van der Waals surface area contributed by atoms with Gasteiger partial charge in [0.15, 0.2) is 5.78 Å². The van der Waals surface area contributed by atoms with E-state index in [-0.39, 0.29) is 11.7 Å². The van der Waals surface area contributed by atoms with Crippen molar-refractivity contribution in [2.24, 2.45) is 0 Å². The highest BCUT2D eigenvalue weighted by atomic mass is 16.5. The number of ether oxygens (including phenoxy) is 1. The Balaban J connectivity index is 1.64. The molecular weight excluding hydrogens is 378 g/mol. The summed E-state index contributed by atoms with van der Waals surface area (Å²) in [5, 5.41) is 3.45. The van der Waals surface area contributed by atoms with Crippen LogP contribution in [0.4, 0.5) is 17.6 Å². The van der Waals surface area contributed by atoms with Crippen molar-refractivity contribution in [1.82, 2.24) is 9.97 Å². The van der Waals surface area contributed by atoms with Gasteiger partial charge in [0.2, 0.25) is 5.95 Å². The summed E-state index contributed by atoms with van der Waals surface area (Å²) < 4.78 is 5.31. The molecule has 1 atom stereocenters. The van der Waals surface area contributed by atoms with Crippen LogP contribution in [-0.4, -0.2) is 36.0 Å². The molecule has 0 saturated carbocycles. The molecule has 0 amide bonds. The van der Waals surface area contributed by atoms with Crippen molar-refractivity contribution in [3.8, 4) is 5.75 Å². The summed E-state index contributed by atoms with van der Waals surface area (Å²) in [7, 11) is 1.65. The molecule has 0 unspecified atom stereocenters. The minimum Gasteiger partial charge on any atom is -0.497 e. The van der Waals surface area contributed by atoms with Crippen molar-refractivity contribution >= 4 is 23.4 Å². The van der Waals surface area contributed by atoms with Gasteiger partial charge >= 0.3 is 0 Å². The molecule has 1 aliphatic carbocycles.